The minimum Gasteiger partial charge on any atom is -0.493 e. The number of benzene rings is 3. The van der Waals surface area contributed by atoms with E-state index in [1.54, 1.807) is 35.2 Å². The second-order valence-electron chi connectivity index (χ2n) is 9.43. The van der Waals surface area contributed by atoms with Gasteiger partial charge in [-0.2, -0.15) is 0 Å². The smallest absolute Gasteiger partial charge is 0.335 e. The molecule has 0 bridgehead atoms. The van der Waals surface area contributed by atoms with Gasteiger partial charge < -0.3 is 19.5 Å². The van der Waals surface area contributed by atoms with E-state index in [4.69, 9.17) is 14.6 Å². The van der Waals surface area contributed by atoms with Crippen molar-refractivity contribution in [3.63, 3.8) is 0 Å². The predicted molar refractivity (Wildman–Crippen MR) is 162 cm³/mol. The predicted octanol–water partition coefficient (Wildman–Crippen LogP) is 5.20. The molecule has 5 rings (SSSR count). The minimum atomic E-state index is -0.998. The molecule has 210 valence electrons. The van der Waals surface area contributed by atoms with Gasteiger partial charge in [0.1, 0.15) is 13.2 Å². The van der Waals surface area contributed by atoms with Crippen molar-refractivity contribution in [3.05, 3.63) is 97.0 Å². The van der Waals surface area contributed by atoms with Crippen LogP contribution >= 0.6 is 34.4 Å². The number of thioether (sulfide) groups is 1. The Bertz CT molecular complexity index is 1570. The fourth-order valence-electron chi connectivity index (χ4n) is 4.59. The SMILES string of the molecule is COc1cc(/C=C2\SC(=O)N(CC(=O)N3CCc4ccccc4C3)C2=O)cc(I)c1OCc1ccc(C(=O)O)cc1. The number of fused-ring (bicyclic) bond motifs is 1. The molecular weight excluding hydrogens is 659 g/mol. The Morgan fingerprint density at radius 1 is 1.07 bits per heavy atom. The van der Waals surface area contributed by atoms with Gasteiger partial charge in [-0.3, -0.25) is 19.3 Å². The zero-order valence-electron chi connectivity index (χ0n) is 22.0. The number of hydrogen-bond donors (Lipinski definition) is 1. The van der Waals surface area contributed by atoms with Crippen molar-refractivity contribution in [2.45, 2.75) is 19.6 Å². The number of halogens is 1. The third-order valence-electron chi connectivity index (χ3n) is 6.78. The van der Waals surface area contributed by atoms with Crippen molar-refractivity contribution in [1.82, 2.24) is 9.80 Å². The number of carbonyl (C=O) groups excluding carboxylic acids is 3. The number of carboxylic acids is 1. The normalized spacial score (nSPS) is 15.7. The molecule has 0 spiro atoms. The molecule has 1 fully saturated rings. The molecule has 0 atom stereocenters. The molecule has 2 aliphatic heterocycles. The standard InChI is InChI=1S/C30H25IN2O7S/c1-39-24-13-19(12-23(31)27(24)40-17-18-6-8-21(9-7-18)29(36)37)14-25-28(35)33(30(38)41-25)16-26(34)32-11-10-20-4-2-3-5-22(20)15-32/h2-9,12-14H,10-11,15-17H2,1H3,(H,36,37)/b25-14-. The van der Waals surface area contributed by atoms with Crippen LogP contribution in [-0.4, -0.2) is 58.1 Å². The number of carboxylic acid groups (broad SMARTS) is 1. The molecule has 2 aliphatic rings. The number of hydrogen-bond acceptors (Lipinski definition) is 7. The number of aromatic carboxylic acids is 1. The average molecular weight is 685 g/mol. The van der Waals surface area contributed by atoms with Crippen LogP contribution in [0.3, 0.4) is 0 Å². The van der Waals surface area contributed by atoms with Crippen LogP contribution < -0.4 is 9.47 Å². The van der Waals surface area contributed by atoms with Gasteiger partial charge in [-0.25, -0.2) is 4.79 Å². The Balaban J connectivity index is 1.26. The van der Waals surface area contributed by atoms with E-state index in [9.17, 15) is 19.2 Å². The van der Waals surface area contributed by atoms with Gasteiger partial charge in [-0.15, -0.1) is 0 Å². The van der Waals surface area contributed by atoms with E-state index >= 15 is 0 Å². The molecule has 0 saturated carbocycles. The maximum absolute atomic E-state index is 13.1. The number of rotatable bonds is 8. The summed E-state index contributed by atoms with van der Waals surface area (Å²) in [5.74, 6) is -0.843. The third-order valence-corrected chi connectivity index (χ3v) is 8.49. The Morgan fingerprint density at radius 2 is 1.80 bits per heavy atom. The van der Waals surface area contributed by atoms with Gasteiger partial charge in [-0.05, 0) is 93.4 Å². The van der Waals surface area contributed by atoms with Crippen LogP contribution in [0, 0.1) is 3.57 Å². The summed E-state index contributed by atoms with van der Waals surface area (Å²) in [6.45, 7) is 0.899. The second-order valence-corrected chi connectivity index (χ2v) is 11.6. The minimum absolute atomic E-state index is 0.191. The molecule has 11 heteroatoms. The summed E-state index contributed by atoms with van der Waals surface area (Å²) in [5.41, 5.74) is 3.90. The number of imide groups is 1. The van der Waals surface area contributed by atoms with E-state index in [2.05, 4.69) is 28.7 Å². The molecule has 3 aromatic carbocycles. The van der Waals surface area contributed by atoms with Gasteiger partial charge in [0.15, 0.2) is 11.5 Å². The fourth-order valence-corrected chi connectivity index (χ4v) is 6.21. The Hall–Kier alpha value is -3.84. The van der Waals surface area contributed by atoms with Gasteiger partial charge in [0.25, 0.3) is 11.1 Å². The molecule has 3 aromatic rings. The van der Waals surface area contributed by atoms with Crippen molar-refractivity contribution in [2.75, 3.05) is 20.2 Å². The van der Waals surface area contributed by atoms with Crippen molar-refractivity contribution in [2.24, 2.45) is 0 Å². The zero-order chi connectivity index (χ0) is 29.1. The molecule has 2 heterocycles. The third kappa shape index (κ3) is 6.41. The van der Waals surface area contributed by atoms with Gasteiger partial charge >= 0.3 is 5.97 Å². The first-order valence-corrected chi connectivity index (χ1v) is 14.6. The number of nitrogens with zero attached hydrogens (tertiary/aromatic N) is 2. The van der Waals surface area contributed by atoms with Gasteiger partial charge in [-0.1, -0.05) is 36.4 Å². The summed E-state index contributed by atoms with van der Waals surface area (Å²) >= 11 is 2.90. The van der Waals surface area contributed by atoms with Crippen molar-refractivity contribution in [3.8, 4) is 11.5 Å². The molecule has 3 amide bonds. The van der Waals surface area contributed by atoms with Gasteiger partial charge in [0, 0.05) is 13.1 Å². The van der Waals surface area contributed by atoms with E-state index in [1.165, 1.54) is 24.8 Å². The molecule has 0 aliphatic carbocycles. The van der Waals surface area contributed by atoms with Crippen LogP contribution in [0.2, 0.25) is 0 Å². The summed E-state index contributed by atoms with van der Waals surface area (Å²) in [4.78, 5) is 52.8. The Morgan fingerprint density at radius 3 is 2.51 bits per heavy atom. The molecule has 1 saturated heterocycles. The van der Waals surface area contributed by atoms with Crippen LogP contribution in [0.5, 0.6) is 11.5 Å². The first kappa shape index (κ1) is 28.7. The van der Waals surface area contributed by atoms with Crippen molar-refractivity contribution in [1.29, 1.82) is 0 Å². The van der Waals surface area contributed by atoms with E-state index in [-0.39, 0.29) is 29.5 Å². The molecule has 41 heavy (non-hydrogen) atoms. The van der Waals surface area contributed by atoms with E-state index in [0.29, 0.717) is 30.2 Å². The van der Waals surface area contributed by atoms with Crippen LogP contribution in [0.25, 0.3) is 6.08 Å². The topological polar surface area (TPSA) is 113 Å². The lowest BCUT2D eigenvalue weighted by atomic mass is 10.00. The summed E-state index contributed by atoms with van der Waals surface area (Å²) in [7, 11) is 1.50. The highest BCUT2D eigenvalue weighted by atomic mass is 127. The summed E-state index contributed by atoms with van der Waals surface area (Å²) in [6, 6.07) is 17.8. The zero-order valence-corrected chi connectivity index (χ0v) is 24.9. The lowest BCUT2D eigenvalue weighted by Gasteiger charge is -2.29. The molecule has 0 unspecified atom stereocenters. The van der Waals surface area contributed by atoms with Gasteiger partial charge in [0.2, 0.25) is 5.91 Å². The Labute approximate surface area is 254 Å². The second kappa shape index (κ2) is 12.4. The van der Waals surface area contributed by atoms with Crippen LogP contribution in [0.1, 0.15) is 32.6 Å². The average Bonchev–Trinajstić information content (AvgIpc) is 3.23. The molecule has 0 aromatic heterocycles. The highest BCUT2D eigenvalue weighted by Gasteiger charge is 2.37. The lowest BCUT2D eigenvalue weighted by Crippen LogP contribution is -2.44. The largest absolute Gasteiger partial charge is 0.493 e. The van der Waals surface area contributed by atoms with Crippen LogP contribution in [0.15, 0.2) is 65.6 Å². The van der Waals surface area contributed by atoms with Crippen molar-refractivity contribution >= 4 is 63.5 Å². The Kier molecular flexibility index (Phi) is 8.64. The van der Waals surface area contributed by atoms with Crippen LogP contribution in [-0.2, 0) is 29.2 Å². The van der Waals surface area contributed by atoms with Crippen molar-refractivity contribution < 1.29 is 33.8 Å². The quantitative estimate of drug-likeness (QED) is 0.255. The maximum Gasteiger partial charge on any atom is 0.335 e. The molecule has 9 nitrogen and oxygen atoms in total. The number of methoxy groups -OCH3 is 1. The monoisotopic (exact) mass is 684 g/mol. The first-order chi connectivity index (χ1) is 19.7. The summed E-state index contributed by atoms with van der Waals surface area (Å²) in [5, 5.41) is 8.59. The first-order valence-electron chi connectivity index (χ1n) is 12.7. The molecular formula is C30H25IN2O7S. The lowest BCUT2D eigenvalue weighted by molar-refractivity contribution is -0.136. The highest BCUT2D eigenvalue weighted by molar-refractivity contribution is 14.1. The van der Waals surface area contributed by atoms with E-state index in [1.807, 2.05) is 18.2 Å². The van der Waals surface area contributed by atoms with E-state index < -0.39 is 17.1 Å². The number of amides is 3. The van der Waals surface area contributed by atoms with E-state index in [0.717, 1.165) is 37.8 Å². The summed E-state index contributed by atoms with van der Waals surface area (Å²) < 4.78 is 12.2. The fraction of sp³-hybridized carbons (Fsp3) is 0.200. The highest BCUT2D eigenvalue weighted by Crippen LogP contribution is 2.38. The number of ether oxygens (including phenoxy) is 2. The molecule has 1 N–H and O–H groups in total. The van der Waals surface area contributed by atoms with Gasteiger partial charge in [0.05, 0.1) is 21.1 Å². The summed E-state index contributed by atoms with van der Waals surface area (Å²) in [6.07, 6.45) is 2.34. The number of carbonyl (C=O) groups is 4. The maximum atomic E-state index is 13.1. The molecule has 0 radical (unpaired) electrons. The van der Waals surface area contributed by atoms with Crippen LogP contribution in [0.4, 0.5) is 4.79 Å².